The molecule has 0 amide bonds. The predicted octanol–water partition coefficient (Wildman–Crippen LogP) is 3.77. The molecule has 0 aliphatic carbocycles. The summed E-state index contributed by atoms with van der Waals surface area (Å²) in [6.07, 6.45) is 4.21. The average molecular weight is 330 g/mol. The van der Waals surface area contributed by atoms with Crippen LogP contribution in [0.15, 0.2) is 55.1 Å². The molecule has 120 valence electrons. The number of fused-ring (bicyclic) bond motifs is 1. The van der Waals surface area contributed by atoms with Crippen molar-refractivity contribution in [2.75, 3.05) is 5.32 Å². The molecular weight excluding hydrogens is 319 g/mol. The lowest BCUT2D eigenvalue weighted by molar-refractivity contribution is 0.641. The Hall–Kier alpha value is -3.79. The number of nitrogens with zero attached hydrogens (tertiary/aromatic N) is 4. The summed E-state index contributed by atoms with van der Waals surface area (Å²) in [6, 6.07) is 13.3. The van der Waals surface area contributed by atoms with E-state index in [4.69, 9.17) is 5.26 Å². The van der Waals surface area contributed by atoms with Gasteiger partial charge in [-0.15, -0.1) is 0 Å². The molecule has 0 radical (unpaired) electrons. The number of halogens is 1. The highest BCUT2D eigenvalue weighted by atomic mass is 19.1. The van der Waals surface area contributed by atoms with Crippen LogP contribution in [0.1, 0.15) is 5.56 Å². The van der Waals surface area contributed by atoms with Crippen LogP contribution in [0.2, 0.25) is 0 Å². The lowest BCUT2D eigenvalue weighted by Crippen LogP contribution is -2.00. The fourth-order valence-corrected chi connectivity index (χ4v) is 2.58. The molecule has 0 aliphatic rings. The summed E-state index contributed by atoms with van der Waals surface area (Å²) in [5, 5.41) is 11.7. The zero-order valence-electron chi connectivity index (χ0n) is 12.9. The van der Waals surface area contributed by atoms with Crippen LogP contribution in [0.3, 0.4) is 0 Å². The molecule has 6 nitrogen and oxygen atoms in total. The van der Waals surface area contributed by atoms with E-state index in [9.17, 15) is 4.39 Å². The van der Waals surface area contributed by atoms with Crippen molar-refractivity contribution in [2.45, 2.75) is 0 Å². The molecule has 2 aromatic heterocycles. The lowest BCUT2D eigenvalue weighted by atomic mass is 10.0. The first-order valence-electron chi connectivity index (χ1n) is 7.46. The van der Waals surface area contributed by atoms with E-state index in [2.05, 4.69) is 25.3 Å². The number of nitriles is 1. The Morgan fingerprint density at radius 2 is 1.84 bits per heavy atom. The summed E-state index contributed by atoms with van der Waals surface area (Å²) in [7, 11) is 0. The summed E-state index contributed by atoms with van der Waals surface area (Å²) >= 11 is 0. The van der Waals surface area contributed by atoms with Gasteiger partial charge in [-0.3, -0.25) is 0 Å². The van der Waals surface area contributed by atoms with Crippen LogP contribution in [0.5, 0.6) is 0 Å². The Balaban J connectivity index is 1.83. The fourth-order valence-electron chi connectivity index (χ4n) is 2.58. The van der Waals surface area contributed by atoms with E-state index in [-0.39, 0.29) is 17.2 Å². The van der Waals surface area contributed by atoms with Crippen LogP contribution in [0, 0.1) is 17.1 Å². The third kappa shape index (κ3) is 2.66. The van der Waals surface area contributed by atoms with E-state index < -0.39 is 5.82 Å². The van der Waals surface area contributed by atoms with Gasteiger partial charge in [0.2, 0.25) is 5.95 Å². The minimum atomic E-state index is -0.496. The van der Waals surface area contributed by atoms with Gasteiger partial charge in [-0.1, -0.05) is 30.3 Å². The third-order valence-corrected chi connectivity index (χ3v) is 3.75. The number of aromatic nitrogens is 4. The molecule has 2 aromatic carbocycles. The highest BCUT2D eigenvalue weighted by Gasteiger charge is 2.16. The quantitative estimate of drug-likeness (QED) is 0.596. The maximum Gasteiger partial charge on any atom is 0.227 e. The number of hydrogen-bond donors (Lipinski definition) is 2. The van der Waals surface area contributed by atoms with Gasteiger partial charge in [0.25, 0.3) is 0 Å². The fraction of sp³-hybridized carbons (Fsp3) is 0. The number of H-pyrrole nitrogens is 1. The Kier molecular flexibility index (Phi) is 3.56. The minimum absolute atomic E-state index is 0.201. The largest absolute Gasteiger partial charge is 0.344 e. The van der Waals surface area contributed by atoms with Gasteiger partial charge in [0.15, 0.2) is 5.82 Å². The van der Waals surface area contributed by atoms with Crippen molar-refractivity contribution < 1.29 is 4.39 Å². The van der Waals surface area contributed by atoms with E-state index in [0.29, 0.717) is 11.1 Å². The smallest absolute Gasteiger partial charge is 0.227 e. The molecule has 4 aromatic rings. The second-order valence-corrected chi connectivity index (χ2v) is 5.31. The first-order chi connectivity index (χ1) is 12.3. The molecule has 0 spiro atoms. The van der Waals surface area contributed by atoms with Crippen molar-refractivity contribution in [1.29, 1.82) is 5.26 Å². The molecule has 0 saturated heterocycles. The topological polar surface area (TPSA) is 90.3 Å². The van der Waals surface area contributed by atoms with Gasteiger partial charge in [0, 0.05) is 5.56 Å². The molecule has 0 aliphatic heterocycles. The summed E-state index contributed by atoms with van der Waals surface area (Å²) < 4.78 is 14.8. The van der Waals surface area contributed by atoms with Crippen LogP contribution < -0.4 is 5.32 Å². The molecule has 0 saturated carbocycles. The van der Waals surface area contributed by atoms with Crippen LogP contribution in [0.25, 0.3) is 22.2 Å². The first kappa shape index (κ1) is 14.8. The van der Waals surface area contributed by atoms with Gasteiger partial charge >= 0.3 is 0 Å². The minimum Gasteiger partial charge on any atom is -0.344 e. The number of anilines is 2. The number of imidazole rings is 1. The predicted molar refractivity (Wildman–Crippen MR) is 91.5 cm³/mol. The van der Waals surface area contributed by atoms with E-state index in [1.165, 1.54) is 18.7 Å². The SMILES string of the molecule is N#Cc1cnc(Nc2cc(-c3ccccc3)c3[nH]cnc3c2F)nc1. The number of nitrogens with one attached hydrogen (secondary N) is 2. The maximum absolute atomic E-state index is 14.8. The maximum atomic E-state index is 14.8. The van der Waals surface area contributed by atoms with Gasteiger partial charge in [-0.25, -0.2) is 19.3 Å². The Morgan fingerprint density at radius 1 is 1.08 bits per heavy atom. The van der Waals surface area contributed by atoms with Crippen LogP contribution in [-0.2, 0) is 0 Å². The van der Waals surface area contributed by atoms with Crippen molar-refractivity contribution in [3.8, 4) is 17.2 Å². The summed E-state index contributed by atoms with van der Waals surface area (Å²) in [6.45, 7) is 0. The molecule has 25 heavy (non-hydrogen) atoms. The third-order valence-electron chi connectivity index (χ3n) is 3.75. The molecule has 0 unspecified atom stereocenters. The summed E-state index contributed by atoms with van der Waals surface area (Å²) in [4.78, 5) is 15.1. The second kappa shape index (κ2) is 6.02. The van der Waals surface area contributed by atoms with E-state index in [1.54, 1.807) is 6.07 Å². The molecular formula is C18H11FN6. The van der Waals surface area contributed by atoms with Crippen LogP contribution in [0.4, 0.5) is 16.0 Å². The highest BCUT2D eigenvalue weighted by molar-refractivity contribution is 5.95. The highest BCUT2D eigenvalue weighted by Crippen LogP contribution is 2.33. The summed E-state index contributed by atoms with van der Waals surface area (Å²) in [5.41, 5.74) is 3.14. The number of benzene rings is 2. The van der Waals surface area contributed by atoms with Crippen molar-refractivity contribution in [3.63, 3.8) is 0 Å². The Morgan fingerprint density at radius 3 is 2.56 bits per heavy atom. The normalized spacial score (nSPS) is 10.6. The van der Waals surface area contributed by atoms with E-state index in [0.717, 1.165) is 11.1 Å². The molecule has 2 heterocycles. The van der Waals surface area contributed by atoms with Gasteiger partial charge in [-0.05, 0) is 11.6 Å². The molecule has 0 atom stereocenters. The van der Waals surface area contributed by atoms with Gasteiger partial charge < -0.3 is 10.3 Å². The van der Waals surface area contributed by atoms with Crippen LogP contribution in [-0.4, -0.2) is 19.9 Å². The molecule has 4 rings (SSSR count). The lowest BCUT2D eigenvalue weighted by Gasteiger charge is -2.10. The number of hydrogen-bond acceptors (Lipinski definition) is 5. The standard InChI is InChI=1S/C18H11FN6/c19-15-14(25-18-21-8-11(7-20)9-22-18)6-13(12-4-2-1-3-5-12)16-17(15)24-10-23-16/h1-6,8-10H,(H,23,24)(H,21,22,25). The summed E-state index contributed by atoms with van der Waals surface area (Å²) in [5.74, 6) is -0.296. The van der Waals surface area contributed by atoms with E-state index in [1.807, 2.05) is 36.4 Å². The van der Waals surface area contributed by atoms with Crippen molar-refractivity contribution in [2.24, 2.45) is 0 Å². The molecule has 0 bridgehead atoms. The molecule has 0 fully saturated rings. The molecule has 2 N–H and O–H groups in total. The van der Waals surface area contributed by atoms with Gasteiger partial charge in [-0.2, -0.15) is 5.26 Å². The average Bonchev–Trinajstić information content (AvgIpc) is 3.15. The zero-order chi connectivity index (χ0) is 17.2. The molecule has 7 heteroatoms. The zero-order valence-corrected chi connectivity index (χ0v) is 12.9. The van der Waals surface area contributed by atoms with Gasteiger partial charge in [0.05, 0.1) is 35.5 Å². The van der Waals surface area contributed by atoms with Crippen molar-refractivity contribution in [1.82, 2.24) is 19.9 Å². The van der Waals surface area contributed by atoms with Crippen LogP contribution >= 0.6 is 0 Å². The van der Waals surface area contributed by atoms with Gasteiger partial charge in [0.1, 0.15) is 11.6 Å². The van der Waals surface area contributed by atoms with E-state index >= 15 is 0 Å². The monoisotopic (exact) mass is 330 g/mol. The second-order valence-electron chi connectivity index (χ2n) is 5.31. The van der Waals surface area contributed by atoms with Crippen molar-refractivity contribution >= 4 is 22.7 Å². The van der Waals surface area contributed by atoms with Crippen molar-refractivity contribution in [3.05, 3.63) is 66.5 Å². The Labute approximate surface area is 142 Å². The number of rotatable bonds is 3. The first-order valence-corrected chi connectivity index (χ1v) is 7.46. The Bertz CT molecular complexity index is 1080. The number of aromatic amines is 1.